The van der Waals surface area contributed by atoms with Gasteiger partial charge in [0.2, 0.25) is 0 Å². The molecule has 86 valence electrons. The van der Waals surface area contributed by atoms with E-state index in [4.69, 9.17) is 0 Å². The van der Waals surface area contributed by atoms with E-state index < -0.39 is 0 Å². The van der Waals surface area contributed by atoms with Gasteiger partial charge in [-0.3, -0.25) is 4.79 Å². The van der Waals surface area contributed by atoms with Crippen LogP contribution in [-0.2, 0) is 0 Å². The number of rotatable bonds is 3. The molecule has 0 aromatic heterocycles. The van der Waals surface area contributed by atoms with Crippen LogP contribution in [0, 0.1) is 5.92 Å². The summed E-state index contributed by atoms with van der Waals surface area (Å²) in [5.74, 6) is 0.625. The Balaban J connectivity index is 1.84. The van der Waals surface area contributed by atoms with Crippen molar-refractivity contribution in [1.82, 2.24) is 5.32 Å². The van der Waals surface area contributed by atoms with E-state index >= 15 is 0 Å². The highest BCUT2D eigenvalue weighted by Crippen LogP contribution is 2.30. The summed E-state index contributed by atoms with van der Waals surface area (Å²) in [4.78, 5) is 12.4. The highest BCUT2D eigenvalue weighted by Gasteiger charge is 2.24. The zero-order chi connectivity index (χ0) is 11.4. The van der Waals surface area contributed by atoms with Gasteiger partial charge in [-0.1, -0.05) is 40.5 Å². The topological polar surface area (TPSA) is 29.1 Å². The third-order valence-electron chi connectivity index (χ3n) is 3.13. The third-order valence-corrected chi connectivity index (χ3v) is 4.33. The molecule has 1 aromatic carbocycles. The van der Waals surface area contributed by atoms with E-state index in [-0.39, 0.29) is 5.91 Å². The van der Waals surface area contributed by atoms with Crippen LogP contribution < -0.4 is 5.32 Å². The maximum absolute atomic E-state index is 11.8. The predicted molar refractivity (Wildman–Crippen MR) is 68.8 cm³/mol. The Morgan fingerprint density at radius 2 is 2.06 bits per heavy atom. The maximum atomic E-state index is 11.8. The van der Waals surface area contributed by atoms with Crippen molar-refractivity contribution in [1.29, 1.82) is 0 Å². The fourth-order valence-corrected chi connectivity index (χ4v) is 2.91. The molecule has 0 saturated heterocycles. The first-order chi connectivity index (χ1) is 7.77. The minimum absolute atomic E-state index is 0.0344. The molecule has 1 N–H and O–H groups in total. The Labute approximate surface area is 105 Å². The smallest absolute Gasteiger partial charge is 0.251 e. The normalized spacial score (nSPS) is 24.3. The lowest BCUT2D eigenvalue weighted by molar-refractivity contribution is 0.0948. The molecule has 1 aliphatic rings. The van der Waals surface area contributed by atoms with Crippen LogP contribution in [0.1, 0.15) is 29.6 Å². The van der Waals surface area contributed by atoms with Crippen molar-refractivity contribution < 1.29 is 4.79 Å². The molecule has 0 radical (unpaired) electrons. The first-order valence-electron chi connectivity index (χ1n) is 5.74. The molecule has 1 aliphatic carbocycles. The van der Waals surface area contributed by atoms with Crippen molar-refractivity contribution in [3.8, 4) is 0 Å². The molecule has 0 heterocycles. The molecule has 0 bridgehead atoms. The van der Waals surface area contributed by atoms with Crippen molar-refractivity contribution >= 4 is 21.8 Å². The fourth-order valence-electron chi connectivity index (χ4n) is 2.14. The van der Waals surface area contributed by atoms with Crippen LogP contribution in [0.4, 0.5) is 0 Å². The molecule has 2 rings (SSSR count). The van der Waals surface area contributed by atoms with Crippen LogP contribution in [0.5, 0.6) is 0 Å². The molecule has 2 unspecified atom stereocenters. The number of alkyl halides is 1. The number of carbonyl (C=O) groups excluding carboxylic acids is 1. The van der Waals surface area contributed by atoms with Crippen LogP contribution in [0.25, 0.3) is 0 Å². The van der Waals surface area contributed by atoms with Gasteiger partial charge in [-0.25, -0.2) is 0 Å². The minimum atomic E-state index is 0.0344. The van der Waals surface area contributed by atoms with Crippen molar-refractivity contribution in [3.05, 3.63) is 35.9 Å². The fraction of sp³-hybridized carbons (Fsp3) is 0.462. The molecule has 1 fully saturated rings. The van der Waals surface area contributed by atoms with E-state index in [1.165, 1.54) is 19.3 Å². The molecular formula is C13H16BrNO. The van der Waals surface area contributed by atoms with E-state index in [0.717, 1.165) is 12.1 Å². The van der Waals surface area contributed by atoms with Gasteiger partial charge in [0.1, 0.15) is 0 Å². The molecule has 1 saturated carbocycles. The van der Waals surface area contributed by atoms with Crippen molar-refractivity contribution in [3.63, 3.8) is 0 Å². The van der Waals surface area contributed by atoms with Gasteiger partial charge in [-0.05, 0) is 30.9 Å². The van der Waals surface area contributed by atoms with Crippen LogP contribution in [0.2, 0.25) is 0 Å². The van der Waals surface area contributed by atoms with Crippen LogP contribution >= 0.6 is 15.9 Å². The van der Waals surface area contributed by atoms with Crippen LogP contribution in [0.3, 0.4) is 0 Å². The number of amides is 1. The lowest BCUT2D eigenvalue weighted by Gasteiger charge is -2.14. The van der Waals surface area contributed by atoms with Crippen molar-refractivity contribution in [2.75, 3.05) is 6.54 Å². The van der Waals surface area contributed by atoms with E-state index in [0.29, 0.717) is 10.7 Å². The number of hydrogen-bond acceptors (Lipinski definition) is 1. The SMILES string of the molecule is O=C(NCC1CCCC1Br)c1ccccc1. The van der Waals surface area contributed by atoms with E-state index in [9.17, 15) is 4.79 Å². The van der Waals surface area contributed by atoms with Gasteiger partial charge in [0, 0.05) is 16.9 Å². The van der Waals surface area contributed by atoms with E-state index in [1.807, 2.05) is 30.3 Å². The number of benzene rings is 1. The van der Waals surface area contributed by atoms with E-state index in [2.05, 4.69) is 21.2 Å². The molecule has 2 atom stereocenters. The van der Waals surface area contributed by atoms with Gasteiger partial charge in [0.05, 0.1) is 0 Å². The van der Waals surface area contributed by atoms with Gasteiger partial charge >= 0.3 is 0 Å². The summed E-state index contributed by atoms with van der Waals surface area (Å²) in [7, 11) is 0. The van der Waals surface area contributed by atoms with Crippen molar-refractivity contribution in [2.24, 2.45) is 5.92 Å². The quantitative estimate of drug-likeness (QED) is 0.848. The Bertz CT molecular complexity index is 352. The summed E-state index contributed by atoms with van der Waals surface area (Å²) in [5, 5.41) is 3.00. The van der Waals surface area contributed by atoms with E-state index in [1.54, 1.807) is 0 Å². The summed E-state index contributed by atoms with van der Waals surface area (Å²) in [6.07, 6.45) is 3.71. The molecule has 1 aromatic rings. The molecule has 0 aliphatic heterocycles. The molecule has 0 spiro atoms. The standard InChI is InChI=1S/C13H16BrNO/c14-12-8-4-7-11(12)9-15-13(16)10-5-2-1-3-6-10/h1-3,5-6,11-12H,4,7-9H2,(H,15,16). The third kappa shape index (κ3) is 2.85. The Kier molecular flexibility index (Phi) is 3.99. The zero-order valence-corrected chi connectivity index (χ0v) is 10.7. The largest absolute Gasteiger partial charge is 0.352 e. The highest BCUT2D eigenvalue weighted by atomic mass is 79.9. The minimum Gasteiger partial charge on any atom is -0.352 e. The summed E-state index contributed by atoms with van der Waals surface area (Å²) in [5.41, 5.74) is 0.742. The number of hydrogen-bond donors (Lipinski definition) is 1. The van der Waals surface area contributed by atoms with Crippen molar-refractivity contribution in [2.45, 2.75) is 24.1 Å². The maximum Gasteiger partial charge on any atom is 0.251 e. The number of halogens is 1. The van der Waals surface area contributed by atoms with Gasteiger partial charge < -0.3 is 5.32 Å². The second kappa shape index (κ2) is 5.48. The summed E-state index contributed by atoms with van der Waals surface area (Å²) in [6, 6.07) is 9.38. The zero-order valence-electron chi connectivity index (χ0n) is 9.16. The molecule has 3 heteroatoms. The van der Waals surface area contributed by atoms with Gasteiger partial charge in [-0.15, -0.1) is 0 Å². The monoisotopic (exact) mass is 281 g/mol. The lowest BCUT2D eigenvalue weighted by Crippen LogP contribution is -2.30. The summed E-state index contributed by atoms with van der Waals surface area (Å²) < 4.78 is 0. The molecule has 16 heavy (non-hydrogen) atoms. The average molecular weight is 282 g/mol. The number of nitrogens with one attached hydrogen (secondary N) is 1. The van der Waals surface area contributed by atoms with Crippen LogP contribution in [0.15, 0.2) is 30.3 Å². The average Bonchev–Trinajstić information content (AvgIpc) is 2.73. The number of carbonyl (C=O) groups is 1. The van der Waals surface area contributed by atoms with Crippen LogP contribution in [-0.4, -0.2) is 17.3 Å². The first-order valence-corrected chi connectivity index (χ1v) is 6.66. The Hall–Kier alpha value is -0.830. The van der Waals surface area contributed by atoms with Gasteiger partial charge in [0.15, 0.2) is 0 Å². The second-order valence-electron chi connectivity index (χ2n) is 4.28. The second-order valence-corrected chi connectivity index (χ2v) is 5.46. The van der Waals surface area contributed by atoms with Gasteiger partial charge in [-0.2, -0.15) is 0 Å². The molecule has 2 nitrogen and oxygen atoms in total. The summed E-state index contributed by atoms with van der Waals surface area (Å²) >= 11 is 3.66. The Morgan fingerprint density at radius 1 is 1.31 bits per heavy atom. The first kappa shape index (κ1) is 11.6. The lowest BCUT2D eigenvalue weighted by atomic mass is 10.1. The Morgan fingerprint density at radius 3 is 2.69 bits per heavy atom. The van der Waals surface area contributed by atoms with Gasteiger partial charge in [0.25, 0.3) is 5.91 Å². The summed E-state index contributed by atoms with van der Waals surface area (Å²) in [6.45, 7) is 0.781. The molecule has 1 amide bonds. The predicted octanol–water partition coefficient (Wildman–Crippen LogP) is 2.98. The highest BCUT2D eigenvalue weighted by molar-refractivity contribution is 9.09. The molecular weight excluding hydrogens is 266 g/mol.